The van der Waals surface area contributed by atoms with Gasteiger partial charge in [0.25, 0.3) is 0 Å². The van der Waals surface area contributed by atoms with E-state index in [1.54, 1.807) is 0 Å². The molecule has 0 aliphatic heterocycles. The number of anilines is 2. The van der Waals surface area contributed by atoms with Crippen molar-refractivity contribution in [1.82, 2.24) is 0 Å². The number of hydrogen-bond acceptors (Lipinski definition) is 2. The SMILES string of the molecule is CC(C)c1ccccc1NC(=O)Nc1cccc(CN)c1. The lowest BCUT2D eigenvalue weighted by Gasteiger charge is -2.14. The molecule has 110 valence electrons. The number of urea groups is 1. The van der Waals surface area contributed by atoms with E-state index < -0.39 is 0 Å². The van der Waals surface area contributed by atoms with Crippen LogP contribution in [0.4, 0.5) is 16.2 Å². The molecule has 0 heterocycles. The zero-order valence-corrected chi connectivity index (χ0v) is 12.4. The molecule has 4 N–H and O–H groups in total. The van der Waals surface area contributed by atoms with Gasteiger partial charge in [-0.05, 0) is 35.2 Å². The third kappa shape index (κ3) is 4.07. The molecule has 4 heteroatoms. The number of rotatable bonds is 4. The van der Waals surface area contributed by atoms with Crippen LogP contribution < -0.4 is 16.4 Å². The maximum atomic E-state index is 12.1. The van der Waals surface area contributed by atoms with Crippen LogP contribution >= 0.6 is 0 Å². The predicted octanol–water partition coefficient (Wildman–Crippen LogP) is 3.91. The van der Waals surface area contributed by atoms with E-state index in [0.29, 0.717) is 12.5 Å². The number of nitrogens with two attached hydrogens (primary N) is 1. The molecule has 0 atom stereocenters. The molecule has 2 rings (SSSR count). The molecule has 0 unspecified atom stereocenters. The third-order valence-electron chi connectivity index (χ3n) is 3.25. The summed E-state index contributed by atoms with van der Waals surface area (Å²) in [6.07, 6.45) is 0. The van der Waals surface area contributed by atoms with Crippen LogP contribution in [0.15, 0.2) is 48.5 Å². The van der Waals surface area contributed by atoms with Gasteiger partial charge in [0.2, 0.25) is 0 Å². The lowest BCUT2D eigenvalue weighted by molar-refractivity contribution is 0.262. The zero-order chi connectivity index (χ0) is 15.2. The Balaban J connectivity index is 2.08. The quantitative estimate of drug-likeness (QED) is 0.796. The molecule has 0 spiro atoms. The second kappa shape index (κ2) is 6.90. The van der Waals surface area contributed by atoms with Crippen LogP contribution in [0, 0.1) is 0 Å². The van der Waals surface area contributed by atoms with Gasteiger partial charge in [0.15, 0.2) is 0 Å². The standard InChI is InChI=1S/C17H21N3O/c1-12(2)15-8-3-4-9-16(15)20-17(21)19-14-7-5-6-13(10-14)11-18/h3-10,12H,11,18H2,1-2H3,(H2,19,20,21). The van der Waals surface area contributed by atoms with Gasteiger partial charge < -0.3 is 16.4 Å². The summed E-state index contributed by atoms with van der Waals surface area (Å²) in [6, 6.07) is 15.1. The molecule has 0 aliphatic carbocycles. The highest BCUT2D eigenvalue weighted by molar-refractivity contribution is 6.00. The summed E-state index contributed by atoms with van der Waals surface area (Å²) < 4.78 is 0. The summed E-state index contributed by atoms with van der Waals surface area (Å²) in [5.41, 5.74) is 9.26. The van der Waals surface area contributed by atoms with E-state index in [4.69, 9.17) is 5.73 Å². The topological polar surface area (TPSA) is 67.2 Å². The lowest BCUT2D eigenvalue weighted by Crippen LogP contribution is -2.20. The average molecular weight is 283 g/mol. The fourth-order valence-electron chi connectivity index (χ4n) is 2.18. The summed E-state index contributed by atoms with van der Waals surface area (Å²) >= 11 is 0. The molecular formula is C17H21N3O. The molecule has 0 radical (unpaired) electrons. The Morgan fingerprint density at radius 3 is 2.57 bits per heavy atom. The van der Waals surface area contributed by atoms with Crippen LogP contribution in [0.5, 0.6) is 0 Å². The maximum absolute atomic E-state index is 12.1. The minimum atomic E-state index is -0.253. The van der Waals surface area contributed by atoms with Crippen molar-refractivity contribution in [3.63, 3.8) is 0 Å². The molecule has 2 aromatic rings. The normalized spacial score (nSPS) is 10.5. The minimum absolute atomic E-state index is 0.253. The number of carbonyl (C=O) groups excluding carboxylic acids is 1. The van der Waals surface area contributed by atoms with Crippen LogP contribution in [0.1, 0.15) is 30.9 Å². The van der Waals surface area contributed by atoms with Gasteiger partial charge in [-0.25, -0.2) is 4.79 Å². The third-order valence-corrected chi connectivity index (χ3v) is 3.25. The number of carbonyl (C=O) groups is 1. The van der Waals surface area contributed by atoms with Crippen LogP contribution in [0.2, 0.25) is 0 Å². The highest BCUT2D eigenvalue weighted by Gasteiger charge is 2.09. The Morgan fingerprint density at radius 1 is 1.10 bits per heavy atom. The zero-order valence-electron chi connectivity index (χ0n) is 12.4. The van der Waals surface area contributed by atoms with Gasteiger partial charge in [-0.3, -0.25) is 0 Å². The van der Waals surface area contributed by atoms with E-state index in [1.165, 1.54) is 0 Å². The first-order valence-corrected chi connectivity index (χ1v) is 7.06. The van der Waals surface area contributed by atoms with Gasteiger partial charge >= 0.3 is 6.03 Å². The summed E-state index contributed by atoms with van der Waals surface area (Å²) in [4.78, 5) is 12.1. The van der Waals surface area contributed by atoms with Gasteiger partial charge in [0.1, 0.15) is 0 Å². The fourth-order valence-corrected chi connectivity index (χ4v) is 2.18. The van der Waals surface area contributed by atoms with E-state index >= 15 is 0 Å². The Morgan fingerprint density at radius 2 is 1.86 bits per heavy atom. The largest absolute Gasteiger partial charge is 0.326 e. The highest BCUT2D eigenvalue weighted by Crippen LogP contribution is 2.23. The maximum Gasteiger partial charge on any atom is 0.323 e. The molecule has 4 nitrogen and oxygen atoms in total. The molecular weight excluding hydrogens is 262 g/mol. The van der Waals surface area contributed by atoms with Crippen molar-refractivity contribution >= 4 is 17.4 Å². The second-order valence-electron chi connectivity index (χ2n) is 5.23. The molecule has 0 saturated heterocycles. The van der Waals surface area contributed by atoms with Gasteiger partial charge in [-0.1, -0.05) is 44.2 Å². The minimum Gasteiger partial charge on any atom is -0.326 e. The van der Waals surface area contributed by atoms with Crippen molar-refractivity contribution in [2.45, 2.75) is 26.3 Å². The molecule has 0 aromatic heterocycles. The second-order valence-corrected chi connectivity index (χ2v) is 5.23. The first kappa shape index (κ1) is 15.1. The van der Waals surface area contributed by atoms with E-state index in [9.17, 15) is 4.79 Å². The number of hydrogen-bond donors (Lipinski definition) is 3. The lowest BCUT2D eigenvalue weighted by atomic mass is 10.0. The van der Waals surface area contributed by atoms with Crippen molar-refractivity contribution in [2.24, 2.45) is 5.73 Å². The van der Waals surface area contributed by atoms with E-state index in [2.05, 4.69) is 24.5 Å². The van der Waals surface area contributed by atoms with Gasteiger partial charge in [-0.2, -0.15) is 0 Å². The van der Waals surface area contributed by atoms with Crippen molar-refractivity contribution in [3.05, 3.63) is 59.7 Å². The van der Waals surface area contributed by atoms with Gasteiger partial charge in [-0.15, -0.1) is 0 Å². The molecule has 0 aliphatic rings. The molecule has 21 heavy (non-hydrogen) atoms. The summed E-state index contributed by atoms with van der Waals surface area (Å²) in [7, 11) is 0. The Kier molecular flexibility index (Phi) is 4.95. The Hall–Kier alpha value is -2.33. The van der Waals surface area contributed by atoms with Gasteiger partial charge in [0, 0.05) is 17.9 Å². The number of nitrogens with one attached hydrogen (secondary N) is 2. The van der Waals surface area contributed by atoms with Crippen LogP contribution in [-0.4, -0.2) is 6.03 Å². The van der Waals surface area contributed by atoms with Gasteiger partial charge in [0.05, 0.1) is 0 Å². The van der Waals surface area contributed by atoms with Crippen LogP contribution in [-0.2, 0) is 6.54 Å². The molecule has 2 amide bonds. The summed E-state index contributed by atoms with van der Waals surface area (Å²) in [6.45, 7) is 4.65. The van der Waals surface area contributed by atoms with E-state index in [0.717, 1.165) is 22.5 Å². The Labute approximate surface area is 125 Å². The summed E-state index contributed by atoms with van der Waals surface area (Å²) in [5, 5.41) is 5.72. The first-order valence-electron chi connectivity index (χ1n) is 7.06. The molecule has 0 saturated carbocycles. The number of amides is 2. The molecule has 0 bridgehead atoms. The van der Waals surface area contributed by atoms with E-state index in [-0.39, 0.29) is 6.03 Å². The molecule has 2 aromatic carbocycles. The van der Waals surface area contributed by atoms with Crippen LogP contribution in [0.3, 0.4) is 0 Å². The Bertz CT molecular complexity index is 623. The summed E-state index contributed by atoms with van der Waals surface area (Å²) in [5.74, 6) is 0.349. The number of para-hydroxylation sites is 1. The predicted molar refractivity (Wildman–Crippen MR) is 87.5 cm³/mol. The highest BCUT2D eigenvalue weighted by atomic mass is 16.2. The smallest absolute Gasteiger partial charge is 0.323 e. The van der Waals surface area contributed by atoms with Crippen LogP contribution in [0.25, 0.3) is 0 Å². The van der Waals surface area contributed by atoms with Crippen molar-refractivity contribution in [2.75, 3.05) is 10.6 Å². The van der Waals surface area contributed by atoms with Crippen molar-refractivity contribution < 1.29 is 4.79 Å². The monoisotopic (exact) mass is 283 g/mol. The number of benzene rings is 2. The fraction of sp³-hybridized carbons (Fsp3) is 0.235. The van der Waals surface area contributed by atoms with Crippen molar-refractivity contribution in [3.8, 4) is 0 Å². The molecule has 0 fully saturated rings. The van der Waals surface area contributed by atoms with E-state index in [1.807, 2.05) is 48.5 Å². The first-order chi connectivity index (χ1) is 10.1. The van der Waals surface area contributed by atoms with Crippen molar-refractivity contribution in [1.29, 1.82) is 0 Å². The average Bonchev–Trinajstić information content (AvgIpc) is 2.47.